The van der Waals surface area contributed by atoms with Crippen molar-refractivity contribution in [3.8, 4) is 0 Å². The zero-order valence-corrected chi connectivity index (χ0v) is 14.3. The third-order valence-electron chi connectivity index (χ3n) is 4.74. The average Bonchev–Trinajstić information content (AvgIpc) is 2.59. The monoisotopic (exact) mass is 349 g/mol. The van der Waals surface area contributed by atoms with Gasteiger partial charge < -0.3 is 10.2 Å². The number of halogens is 1. The van der Waals surface area contributed by atoms with Gasteiger partial charge in [0.05, 0.1) is 6.42 Å². The van der Waals surface area contributed by atoms with Gasteiger partial charge in [-0.15, -0.1) is 0 Å². The minimum absolute atomic E-state index is 0.0971. The standard InChI is InChI=1S/C17H20ClN3O3/c1-19-16(23)14-9-15(22)21(14)17(24)20-8-2-3-12(10-20)11-4-6-13(18)7-5-11/h4-7,12,14H,2-3,8-10H2,1H3,(H,19,23). The number of carbonyl (C=O) groups excluding carboxylic acids is 3. The summed E-state index contributed by atoms with van der Waals surface area (Å²) in [6.45, 7) is 1.15. The summed E-state index contributed by atoms with van der Waals surface area (Å²) < 4.78 is 0. The largest absolute Gasteiger partial charge is 0.357 e. The van der Waals surface area contributed by atoms with E-state index in [9.17, 15) is 14.4 Å². The lowest BCUT2D eigenvalue weighted by atomic mass is 9.90. The molecule has 2 fully saturated rings. The summed E-state index contributed by atoms with van der Waals surface area (Å²) in [5.41, 5.74) is 1.13. The van der Waals surface area contributed by atoms with Crippen LogP contribution in [0.4, 0.5) is 4.79 Å². The number of carbonyl (C=O) groups is 3. The van der Waals surface area contributed by atoms with E-state index in [1.165, 1.54) is 7.05 Å². The number of amides is 4. The quantitative estimate of drug-likeness (QED) is 0.830. The molecule has 2 unspecified atom stereocenters. The van der Waals surface area contributed by atoms with Crippen LogP contribution in [0.3, 0.4) is 0 Å². The Kier molecular flexibility index (Phi) is 4.76. The molecule has 7 heteroatoms. The number of likely N-dealkylation sites (N-methyl/N-ethyl adjacent to an activating group) is 1. The molecule has 2 saturated heterocycles. The van der Waals surface area contributed by atoms with E-state index in [1.807, 2.05) is 24.3 Å². The van der Waals surface area contributed by atoms with Crippen molar-refractivity contribution in [1.82, 2.24) is 15.1 Å². The Balaban J connectivity index is 1.70. The molecule has 4 amide bonds. The Morgan fingerprint density at radius 2 is 1.96 bits per heavy atom. The number of β-lactam (4-membered cyclic amide) rings is 1. The van der Waals surface area contributed by atoms with E-state index in [2.05, 4.69) is 5.32 Å². The summed E-state index contributed by atoms with van der Waals surface area (Å²) in [4.78, 5) is 39.0. The van der Waals surface area contributed by atoms with Crippen LogP contribution in [0.2, 0.25) is 5.02 Å². The van der Waals surface area contributed by atoms with E-state index in [0.29, 0.717) is 18.1 Å². The van der Waals surface area contributed by atoms with Crippen LogP contribution in [-0.4, -0.2) is 53.8 Å². The first-order valence-corrected chi connectivity index (χ1v) is 8.47. The maximum Gasteiger partial charge on any atom is 0.327 e. The normalized spacial score (nSPS) is 23.7. The van der Waals surface area contributed by atoms with E-state index in [-0.39, 0.29) is 30.2 Å². The SMILES string of the molecule is CNC(=O)C1CC(=O)N1C(=O)N1CCCC(c2ccc(Cl)cc2)C1. The van der Waals surface area contributed by atoms with Crippen molar-refractivity contribution in [3.05, 3.63) is 34.9 Å². The number of nitrogens with zero attached hydrogens (tertiary/aromatic N) is 2. The number of hydrogen-bond acceptors (Lipinski definition) is 3. The molecule has 2 aliphatic heterocycles. The van der Waals surface area contributed by atoms with E-state index in [1.54, 1.807) is 4.90 Å². The highest BCUT2D eigenvalue weighted by atomic mass is 35.5. The van der Waals surface area contributed by atoms with Gasteiger partial charge in [-0.3, -0.25) is 14.5 Å². The van der Waals surface area contributed by atoms with Crippen LogP contribution in [0.5, 0.6) is 0 Å². The average molecular weight is 350 g/mol. The van der Waals surface area contributed by atoms with Gasteiger partial charge >= 0.3 is 6.03 Å². The molecule has 0 aliphatic carbocycles. The molecule has 0 bridgehead atoms. The molecule has 1 aromatic carbocycles. The zero-order valence-electron chi connectivity index (χ0n) is 13.5. The number of nitrogens with one attached hydrogen (secondary N) is 1. The van der Waals surface area contributed by atoms with Crippen molar-refractivity contribution in [2.45, 2.75) is 31.2 Å². The molecule has 0 radical (unpaired) electrons. The van der Waals surface area contributed by atoms with Gasteiger partial charge in [0.25, 0.3) is 0 Å². The second-order valence-corrected chi connectivity index (χ2v) is 6.65. The molecule has 1 aromatic rings. The Labute approximate surface area is 145 Å². The van der Waals surface area contributed by atoms with Crippen LogP contribution in [-0.2, 0) is 9.59 Å². The highest BCUT2D eigenvalue weighted by Gasteiger charge is 2.47. The second kappa shape index (κ2) is 6.81. The molecule has 0 aromatic heterocycles. The highest BCUT2D eigenvalue weighted by Crippen LogP contribution is 2.30. The van der Waals surface area contributed by atoms with Crippen molar-refractivity contribution in [3.63, 3.8) is 0 Å². The first kappa shape index (κ1) is 16.8. The smallest absolute Gasteiger partial charge is 0.327 e. The predicted octanol–water partition coefficient (Wildman–Crippen LogP) is 1.99. The van der Waals surface area contributed by atoms with Crippen LogP contribution in [0.25, 0.3) is 0 Å². The lowest BCUT2D eigenvalue weighted by Gasteiger charge is -2.42. The molecule has 1 N–H and O–H groups in total. The van der Waals surface area contributed by atoms with Gasteiger partial charge in [-0.1, -0.05) is 23.7 Å². The Morgan fingerprint density at radius 3 is 2.58 bits per heavy atom. The number of likely N-dealkylation sites (tertiary alicyclic amines) is 2. The fourth-order valence-corrected chi connectivity index (χ4v) is 3.47. The first-order valence-electron chi connectivity index (χ1n) is 8.09. The fourth-order valence-electron chi connectivity index (χ4n) is 3.34. The Bertz CT molecular complexity index is 662. The molecule has 2 aliphatic rings. The summed E-state index contributed by atoms with van der Waals surface area (Å²) in [6, 6.07) is 6.60. The van der Waals surface area contributed by atoms with Crippen LogP contribution in [0, 0.1) is 0 Å². The van der Waals surface area contributed by atoms with E-state index < -0.39 is 6.04 Å². The summed E-state index contributed by atoms with van der Waals surface area (Å²) in [7, 11) is 1.51. The minimum atomic E-state index is -0.675. The van der Waals surface area contributed by atoms with Crippen LogP contribution < -0.4 is 5.32 Å². The zero-order chi connectivity index (χ0) is 17.3. The maximum atomic E-state index is 12.7. The molecular weight excluding hydrogens is 330 g/mol. The number of hydrogen-bond donors (Lipinski definition) is 1. The summed E-state index contributed by atoms with van der Waals surface area (Å²) in [5.74, 6) is -0.369. The number of piperidine rings is 1. The van der Waals surface area contributed by atoms with Gasteiger partial charge in [-0.05, 0) is 30.5 Å². The maximum absolute atomic E-state index is 12.7. The van der Waals surface area contributed by atoms with Crippen LogP contribution in [0.15, 0.2) is 24.3 Å². The van der Waals surface area contributed by atoms with Gasteiger partial charge in [0.2, 0.25) is 11.8 Å². The molecule has 0 spiro atoms. The lowest BCUT2D eigenvalue weighted by molar-refractivity contribution is -0.149. The molecule has 6 nitrogen and oxygen atoms in total. The summed E-state index contributed by atoms with van der Waals surface area (Å²) in [5, 5.41) is 3.18. The van der Waals surface area contributed by atoms with Crippen LogP contribution in [0.1, 0.15) is 30.7 Å². The lowest BCUT2D eigenvalue weighted by Crippen LogP contribution is -2.64. The third-order valence-corrected chi connectivity index (χ3v) is 4.99. The third kappa shape index (κ3) is 3.11. The van der Waals surface area contributed by atoms with Crippen molar-refractivity contribution in [2.24, 2.45) is 0 Å². The summed E-state index contributed by atoms with van der Waals surface area (Å²) >= 11 is 5.93. The van der Waals surface area contributed by atoms with Crippen molar-refractivity contribution < 1.29 is 14.4 Å². The van der Waals surface area contributed by atoms with Crippen molar-refractivity contribution in [1.29, 1.82) is 0 Å². The van der Waals surface area contributed by atoms with Crippen molar-refractivity contribution in [2.75, 3.05) is 20.1 Å². The fraction of sp³-hybridized carbons (Fsp3) is 0.471. The molecule has 2 atom stereocenters. The highest BCUT2D eigenvalue weighted by molar-refractivity contribution is 6.30. The van der Waals surface area contributed by atoms with Gasteiger partial charge in [-0.25, -0.2) is 4.79 Å². The molecule has 0 saturated carbocycles. The number of urea groups is 1. The van der Waals surface area contributed by atoms with Crippen molar-refractivity contribution >= 4 is 29.4 Å². The summed E-state index contributed by atoms with van der Waals surface area (Å²) in [6.07, 6.45) is 1.95. The predicted molar refractivity (Wildman–Crippen MR) is 89.7 cm³/mol. The molecule has 3 rings (SSSR count). The number of imide groups is 1. The van der Waals surface area contributed by atoms with Gasteiger partial charge in [-0.2, -0.15) is 0 Å². The molecule has 24 heavy (non-hydrogen) atoms. The Morgan fingerprint density at radius 1 is 1.25 bits per heavy atom. The molecule has 2 heterocycles. The minimum Gasteiger partial charge on any atom is -0.357 e. The number of rotatable bonds is 2. The molecular formula is C17H20ClN3O3. The first-order chi connectivity index (χ1) is 11.5. The van der Waals surface area contributed by atoms with Gasteiger partial charge in [0.15, 0.2) is 0 Å². The second-order valence-electron chi connectivity index (χ2n) is 6.22. The number of benzene rings is 1. The van der Waals surface area contributed by atoms with Crippen LogP contribution >= 0.6 is 11.6 Å². The Hall–Kier alpha value is -2.08. The van der Waals surface area contributed by atoms with E-state index in [4.69, 9.17) is 11.6 Å². The molecule has 128 valence electrons. The topological polar surface area (TPSA) is 69.7 Å². The van der Waals surface area contributed by atoms with E-state index in [0.717, 1.165) is 23.3 Å². The van der Waals surface area contributed by atoms with E-state index >= 15 is 0 Å². The van der Waals surface area contributed by atoms with Gasteiger partial charge in [0, 0.05) is 31.1 Å². The van der Waals surface area contributed by atoms with Gasteiger partial charge in [0.1, 0.15) is 6.04 Å².